The van der Waals surface area contributed by atoms with Gasteiger partial charge in [0.05, 0.1) is 5.71 Å². The van der Waals surface area contributed by atoms with Crippen molar-refractivity contribution in [1.29, 1.82) is 0 Å². The average Bonchev–Trinajstić information content (AvgIpc) is 2.14. The van der Waals surface area contributed by atoms with Crippen molar-refractivity contribution in [1.82, 2.24) is 4.90 Å². The van der Waals surface area contributed by atoms with Crippen LogP contribution < -0.4 is 0 Å². The Morgan fingerprint density at radius 3 is 2.73 bits per heavy atom. The minimum atomic E-state index is -0.380. The molecule has 1 rings (SSSR count). The zero-order valence-electron chi connectivity index (χ0n) is 9.32. The summed E-state index contributed by atoms with van der Waals surface area (Å²) in [4.78, 5) is 17.3. The van der Waals surface area contributed by atoms with Crippen LogP contribution in [-0.2, 0) is 9.63 Å². The van der Waals surface area contributed by atoms with Crippen molar-refractivity contribution in [3.8, 4) is 0 Å². The number of oxime groups is 1. The predicted molar refractivity (Wildman–Crippen MR) is 62.3 cm³/mol. The number of likely N-dealkylation sites (N-methyl/N-ethyl adjacent to an activating group) is 1. The summed E-state index contributed by atoms with van der Waals surface area (Å²) >= 11 is 0. The molecule has 4 nitrogen and oxygen atoms in total. The van der Waals surface area contributed by atoms with Gasteiger partial charge in [-0.1, -0.05) is 11.2 Å². The number of nitrogens with zero attached hydrogens (tertiary/aromatic N) is 2. The Morgan fingerprint density at radius 1 is 1.53 bits per heavy atom. The van der Waals surface area contributed by atoms with E-state index >= 15 is 0 Å². The molecule has 86 valence electrons. The molecule has 0 spiro atoms. The van der Waals surface area contributed by atoms with Gasteiger partial charge in [0.1, 0.15) is 0 Å². The molecule has 0 aromatic rings. The molecular weight excluding hydrogens is 216 g/mol. The fourth-order valence-corrected chi connectivity index (χ4v) is 1.35. The lowest BCUT2D eigenvalue weighted by Crippen LogP contribution is -2.28. The van der Waals surface area contributed by atoms with Gasteiger partial charge in [0.25, 0.3) is 0 Å². The summed E-state index contributed by atoms with van der Waals surface area (Å²) < 4.78 is 0. The molecule has 0 saturated carbocycles. The standard InChI is InChI=1S/C10H16N2O2.ClH/c1-8(11-14-9(2)13)10-5-4-6-12(3)7-10;/h5H,4,6-7H2,1-3H3;1H/b11-8-;. The largest absolute Gasteiger partial charge is 0.331 e. The molecule has 0 bridgehead atoms. The Kier molecular flexibility index (Phi) is 6.20. The Morgan fingerprint density at radius 2 is 2.20 bits per heavy atom. The van der Waals surface area contributed by atoms with Crippen molar-refractivity contribution in [2.45, 2.75) is 20.3 Å². The van der Waals surface area contributed by atoms with Crippen LogP contribution in [-0.4, -0.2) is 36.7 Å². The van der Waals surface area contributed by atoms with Gasteiger partial charge in [0.2, 0.25) is 0 Å². The fourth-order valence-electron chi connectivity index (χ4n) is 1.35. The topological polar surface area (TPSA) is 41.9 Å². The van der Waals surface area contributed by atoms with Crippen molar-refractivity contribution < 1.29 is 9.63 Å². The molecule has 0 radical (unpaired) electrons. The molecule has 0 saturated heterocycles. The molecule has 0 aliphatic carbocycles. The van der Waals surface area contributed by atoms with E-state index in [1.807, 2.05) is 6.92 Å². The minimum Gasteiger partial charge on any atom is -0.318 e. The van der Waals surface area contributed by atoms with E-state index in [1.165, 1.54) is 6.92 Å². The van der Waals surface area contributed by atoms with E-state index < -0.39 is 0 Å². The number of hydrogen-bond donors (Lipinski definition) is 0. The second kappa shape index (κ2) is 6.58. The van der Waals surface area contributed by atoms with E-state index in [1.54, 1.807) is 0 Å². The molecular formula is C10H17ClN2O2. The van der Waals surface area contributed by atoms with Crippen LogP contribution >= 0.6 is 12.4 Å². The molecule has 1 heterocycles. The summed E-state index contributed by atoms with van der Waals surface area (Å²) in [6, 6.07) is 0. The lowest BCUT2D eigenvalue weighted by Gasteiger charge is -2.22. The Hall–Kier alpha value is -0.870. The summed E-state index contributed by atoms with van der Waals surface area (Å²) in [5, 5.41) is 3.75. The number of rotatable bonds is 2. The third kappa shape index (κ3) is 4.95. The van der Waals surface area contributed by atoms with Gasteiger partial charge in [-0.25, -0.2) is 4.79 Å². The highest BCUT2D eigenvalue weighted by Crippen LogP contribution is 2.09. The SMILES string of the molecule is CC(=O)O/N=C(/C)C1=CCCN(C)C1.Cl. The molecule has 1 aliphatic heterocycles. The van der Waals surface area contributed by atoms with Gasteiger partial charge in [0.15, 0.2) is 0 Å². The molecule has 0 atom stereocenters. The number of hydrogen-bond acceptors (Lipinski definition) is 4. The van der Waals surface area contributed by atoms with Gasteiger partial charge in [-0.3, -0.25) is 0 Å². The van der Waals surface area contributed by atoms with Crippen molar-refractivity contribution in [2.75, 3.05) is 20.1 Å². The van der Waals surface area contributed by atoms with E-state index in [4.69, 9.17) is 0 Å². The number of carbonyl (C=O) groups is 1. The first-order valence-corrected chi connectivity index (χ1v) is 4.69. The summed E-state index contributed by atoms with van der Waals surface area (Å²) in [7, 11) is 2.06. The van der Waals surface area contributed by atoms with Crippen molar-refractivity contribution in [2.24, 2.45) is 5.16 Å². The van der Waals surface area contributed by atoms with Crippen LogP contribution in [0.5, 0.6) is 0 Å². The molecule has 5 heteroatoms. The molecule has 0 aromatic carbocycles. The van der Waals surface area contributed by atoms with Gasteiger partial charge in [-0.05, 0) is 26.0 Å². The van der Waals surface area contributed by atoms with Crippen LogP contribution in [0.15, 0.2) is 16.8 Å². The van der Waals surface area contributed by atoms with Crippen LogP contribution in [0, 0.1) is 0 Å². The van der Waals surface area contributed by atoms with E-state index in [-0.39, 0.29) is 18.4 Å². The maximum absolute atomic E-state index is 10.5. The molecule has 0 unspecified atom stereocenters. The Balaban J connectivity index is 0.00000196. The maximum atomic E-state index is 10.5. The average molecular weight is 233 g/mol. The van der Waals surface area contributed by atoms with Crippen molar-refractivity contribution in [3.63, 3.8) is 0 Å². The van der Waals surface area contributed by atoms with E-state index in [0.717, 1.165) is 30.8 Å². The van der Waals surface area contributed by atoms with E-state index in [9.17, 15) is 4.79 Å². The highest BCUT2D eigenvalue weighted by molar-refractivity contribution is 5.98. The lowest BCUT2D eigenvalue weighted by molar-refractivity contribution is -0.140. The second-order valence-corrected chi connectivity index (χ2v) is 3.52. The second-order valence-electron chi connectivity index (χ2n) is 3.52. The zero-order chi connectivity index (χ0) is 10.6. The third-order valence-corrected chi connectivity index (χ3v) is 2.12. The van der Waals surface area contributed by atoms with Crippen LogP contribution in [0.2, 0.25) is 0 Å². The summed E-state index contributed by atoms with van der Waals surface area (Å²) in [5.41, 5.74) is 1.92. The van der Waals surface area contributed by atoms with Gasteiger partial charge in [0, 0.05) is 20.0 Å². The number of halogens is 1. The van der Waals surface area contributed by atoms with Crippen molar-refractivity contribution in [3.05, 3.63) is 11.6 Å². The normalized spacial score (nSPS) is 17.8. The third-order valence-electron chi connectivity index (χ3n) is 2.12. The smallest absolute Gasteiger partial charge is 0.318 e. The monoisotopic (exact) mass is 232 g/mol. The van der Waals surface area contributed by atoms with Crippen LogP contribution in [0.1, 0.15) is 20.3 Å². The van der Waals surface area contributed by atoms with Crippen LogP contribution in [0.4, 0.5) is 0 Å². The molecule has 0 N–H and O–H groups in total. The molecule has 1 aliphatic rings. The number of carbonyl (C=O) groups excluding carboxylic acids is 1. The predicted octanol–water partition coefficient (Wildman–Crippen LogP) is 1.61. The zero-order valence-corrected chi connectivity index (χ0v) is 10.1. The van der Waals surface area contributed by atoms with Gasteiger partial charge >= 0.3 is 5.97 Å². The fraction of sp³-hybridized carbons (Fsp3) is 0.600. The minimum absolute atomic E-state index is 0. The highest BCUT2D eigenvalue weighted by Gasteiger charge is 2.11. The van der Waals surface area contributed by atoms with Crippen molar-refractivity contribution >= 4 is 24.1 Å². The molecule has 0 fully saturated rings. The highest BCUT2D eigenvalue weighted by atomic mass is 35.5. The maximum Gasteiger partial charge on any atom is 0.331 e. The summed E-state index contributed by atoms with van der Waals surface area (Å²) in [5.74, 6) is -0.380. The molecule has 0 aromatic heterocycles. The van der Waals surface area contributed by atoms with Gasteiger partial charge in [-0.2, -0.15) is 0 Å². The summed E-state index contributed by atoms with van der Waals surface area (Å²) in [6.07, 6.45) is 3.17. The molecule has 15 heavy (non-hydrogen) atoms. The van der Waals surface area contributed by atoms with Crippen LogP contribution in [0.25, 0.3) is 0 Å². The Bertz CT molecular complexity index is 287. The lowest BCUT2D eigenvalue weighted by atomic mass is 10.1. The molecule has 0 amide bonds. The summed E-state index contributed by atoms with van der Waals surface area (Å²) in [6.45, 7) is 5.15. The first kappa shape index (κ1) is 14.1. The first-order chi connectivity index (χ1) is 6.59. The van der Waals surface area contributed by atoms with Gasteiger partial charge in [-0.15, -0.1) is 12.4 Å². The quantitative estimate of drug-likeness (QED) is 0.413. The Labute approximate surface area is 96.4 Å². The van der Waals surface area contributed by atoms with Gasteiger partial charge < -0.3 is 9.74 Å². The first-order valence-electron chi connectivity index (χ1n) is 4.69. The van der Waals surface area contributed by atoms with E-state index in [0.29, 0.717) is 0 Å². The van der Waals surface area contributed by atoms with E-state index in [2.05, 4.69) is 28.0 Å². The van der Waals surface area contributed by atoms with Crippen LogP contribution in [0.3, 0.4) is 0 Å².